The van der Waals surface area contributed by atoms with Gasteiger partial charge in [-0.1, -0.05) is 17.7 Å². The van der Waals surface area contributed by atoms with Crippen LogP contribution < -0.4 is 10.5 Å². The molecule has 0 saturated heterocycles. The molecule has 112 valence electrons. The molecule has 8 heteroatoms. The van der Waals surface area contributed by atoms with Crippen molar-refractivity contribution in [3.8, 4) is 0 Å². The highest BCUT2D eigenvalue weighted by Gasteiger charge is 2.10. The van der Waals surface area contributed by atoms with Crippen LogP contribution in [0.15, 0.2) is 45.8 Å². The number of hydrogen-bond donors (Lipinski definition) is 2. The van der Waals surface area contributed by atoms with Gasteiger partial charge in [0.05, 0.1) is 4.90 Å². The Hall–Kier alpha value is -1.15. The van der Waals surface area contributed by atoms with E-state index in [1.54, 1.807) is 18.2 Å². The van der Waals surface area contributed by atoms with Gasteiger partial charge in [-0.3, -0.25) is 0 Å². The molecule has 2 aromatic carbocycles. The van der Waals surface area contributed by atoms with Gasteiger partial charge in [-0.2, -0.15) is 0 Å². The minimum absolute atomic E-state index is 0.00222. The normalized spacial score (nSPS) is 11.4. The summed E-state index contributed by atoms with van der Waals surface area (Å²) in [5, 5.41) is 8.37. The average molecular weight is 394 g/mol. The standard InChI is InChI=1S/C13H11BrClFN2O2S/c14-11-6-10(21(17,19)20)3-4-13(11)18-7-8-1-2-9(15)5-12(8)16/h1-6,18H,7H2,(H2,17,19,20). The quantitative estimate of drug-likeness (QED) is 0.835. The third-order valence-corrected chi connectivity index (χ3v) is 4.56. The Bertz CT molecular complexity index is 784. The fraction of sp³-hybridized carbons (Fsp3) is 0.0769. The van der Waals surface area contributed by atoms with Gasteiger partial charge in [0.15, 0.2) is 0 Å². The van der Waals surface area contributed by atoms with Crippen molar-refractivity contribution in [1.29, 1.82) is 0 Å². The van der Waals surface area contributed by atoms with Crippen molar-refractivity contribution < 1.29 is 12.8 Å². The molecule has 2 aromatic rings. The van der Waals surface area contributed by atoms with Crippen molar-refractivity contribution in [3.63, 3.8) is 0 Å². The third kappa shape index (κ3) is 4.16. The molecule has 0 aliphatic rings. The SMILES string of the molecule is NS(=O)(=O)c1ccc(NCc2ccc(Cl)cc2F)c(Br)c1. The Morgan fingerprint density at radius 1 is 1.24 bits per heavy atom. The molecule has 0 fully saturated rings. The molecule has 0 amide bonds. The van der Waals surface area contributed by atoms with E-state index in [0.29, 0.717) is 20.7 Å². The lowest BCUT2D eigenvalue weighted by Crippen LogP contribution is -2.12. The highest BCUT2D eigenvalue weighted by atomic mass is 79.9. The first-order valence-electron chi connectivity index (χ1n) is 5.77. The Kier molecular flexibility index (Phi) is 4.88. The molecule has 3 N–H and O–H groups in total. The number of rotatable bonds is 4. The molecule has 0 unspecified atom stereocenters. The highest BCUT2D eigenvalue weighted by Crippen LogP contribution is 2.26. The van der Waals surface area contributed by atoms with E-state index in [1.165, 1.54) is 18.2 Å². The van der Waals surface area contributed by atoms with Crippen molar-refractivity contribution in [2.45, 2.75) is 11.4 Å². The molecule has 0 saturated carbocycles. The summed E-state index contributed by atoms with van der Waals surface area (Å²) in [4.78, 5) is -0.00222. The molecule has 0 bridgehead atoms. The fourth-order valence-electron chi connectivity index (χ4n) is 1.67. The number of hydrogen-bond acceptors (Lipinski definition) is 3. The van der Waals surface area contributed by atoms with Crippen LogP contribution in [-0.4, -0.2) is 8.42 Å². The Balaban J connectivity index is 2.17. The molecule has 0 aliphatic heterocycles. The lowest BCUT2D eigenvalue weighted by atomic mass is 10.2. The number of nitrogens with two attached hydrogens (primary N) is 1. The third-order valence-electron chi connectivity index (χ3n) is 2.75. The Morgan fingerprint density at radius 3 is 2.52 bits per heavy atom. The van der Waals surface area contributed by atoms with Gasteiger partial charge in [0.1, 0.15) is 5.82 Å². The van der Waals surface area contributed by atoms with E-state index in [-0.39, 0.29) is 11.4 Å². The van der Waals surface area contributed by atoms with E-state index in [1.807, 2.05) is 0 Å². The molecular weight excluding hydrogens is 383 g/mol. The van der Waals surface area contributed by atoms with E-state index in [9.17, 15) is 12.8 Å². The molecule has 0 radical (unpaired) electrons. The van der Waals surface area contributed by atoms with Crippen molar-refractivity contribution in [2.75, 3.05) is 5.32 Å². The number of halogens is 3. The van der Waals surface area contributed by atoms with Crippen LogP contribution in [0.2, 0.25) is 5.02 Å². The van der Waals surface area contributed by atoms with E-state index in [2.05, 4.69) is 21.2 Å². The Morgan fingerprint density at radius 2 is 1.95 bits per heavy atom. The predicted octanol–water partition coefficient (Wildman–Crippen LogP) is 3.50. The summed E-state index contributed by atoms with van der Waals surface area (Å²) in [6.45, 7) is 0.232. The van der Waals surface area contributed by atoms with Gasteiger partial charge < -0.3 is 5.32 Å². The van der Waals surface area contributed by atoms with Crippen LogP contribution in [-0.2, 0) is 16.6 Å². The first-order chi connectivity index (χ1) is 9.77. The number of anilines is 1. The lowest BCUT2D eigenvalue weighted by molar-refractivity contribution is 0.598. The number of primary sulfonamides is 1. The van der Waals surface area contributed by atoms with E-state index < -0.39 is 15.8 Å². The van der Waals surface area contributed by atoms with Crippen LogP contribution >= 0.6 is 27.5 Å². The second-order valence-corrected chi connectivity index (χ2v) is 7.13. The van der Waals surface area contributed by atoms with Gasteiger partial charge in [-0.25, -0.2) is 17.9 Å². The molecule has 4 nitrogen and oxygen atoms in total. The summed E-state index contributed by atoms with van der Waals surface area (Å²) in [5.41, 5.74) is 1.07. The summed E-state index contributed by atoms with van der Waals surface area (Å²) in [6, 6.07) is 8.73. The van der Waals surface area contributed by atoms with Crippen molar-refractivity contribution in [3.05, 3.63) is 57.3 Å². The second-order valence-electron chi connectivity index (χ2n) is 4.28. The number of nitrogens with one attached hydrogen (secondary N) is 1. The first-order valence-corrected chi connectivity index (χ1v) is 8.49. The zero-order chi connectivity index (χ0) is 15.6. The minimum Gasteiger partial charge on any atom is -0.380 e. The monoisotopic (exact) mass is 392 g/mol. The smallest absolute Gasteiger partial charge is 0.238 e. The maximum Gasteiger partial charge on any atom is 0.238 e. The van der Waals surface area contributed by atoms with Crippen LogP contribution in [0.3, 0.4) is 0 Å². The molecule has 2 rings (SSSR count). The molecule has 0 atom stereocenters. The molecule has 0 aliphatic carbocycles. The zero-order valence-electron chi connectivity index (χ0n) is 10.6. The maximum absolute atomic E-state index is 13.6. The molecular formula is C13H11BrClFN2O2S. The largest absolute Gasteiger partial charge is 0.380 e. The van der Waals surface area contributed by atoms with Crippen LogP contribution in [0, 0.1) is 5.82 Å². The Labute approximate surface area is 135 Å². The van der Waals surface area contributed by atoms with Gasteiger partial charge in [-0.05, 0) is 46.3 Å². The molecule has 21 heavy (non-hydrogen) atoms. The topological polar surface area (TPSA) is 72.2 Å². The maximum atomic E-state index is 13.6. The second kappa shape index (κ2) is 6.31. The summed E-state index contributed by atoms with van der Waals surface area (Å²) < 4.78 is 36.6. The van der Waals surface area contributed by atoms with Gasteiger partial charge in [0, 0.05) is 27.3 Å². The molecule has 0 heterocycles. The average Bonchev–Trinajstić information content (AvgIpc) is 2.38. The fourth-order valence-corrected chi connectivity index (χ4v) is 3.04. The predicted molar refractivity (Wildman–Crippen MR) is 84.3 cm³/mol. The van der Waals surface area contributed by atoms with Crippen LogP contribution in [0.1, 0.15) is 5.56 Å². The minimum atomic E-state index is -3.75. The van der Waals surface area contributed by atoms with Crippen LogP contribution in [0.4, 0.5) is 10.1 Å². The summed E-state index contributed by atoms with van der Waals surface area (Å²) >= 11 is 8.93. The molecule has 0 aromatic heterocycles. The number of sulfonamides is 1. The van der Waals surface area contributed by atoms with Crippen molar-refractivity contribution in [2.24, 2.45) is 5.14 Å². The van der Waals surface area contributed by atoms with Crippen molar-refractivity contribution >= 4 is 43.2 Å². The lowest BCUT2D eigenvalue weighted by Gasteiger charge is -2.10. The summed E-state index contributed by atoms with van der Waals surface area (Å²) in [7, 11) is -3.75. The van der Waals surface area contributed by atoms with Crippen LogP contribution in [0.25, 0.3) is 0 Å². The highest BCUT2D eigenvalue weighted by molar-refractivity contribution is 9.10. The first kappa shape index (κ1) is 16.2. The zero-order valence-corrected chi connectivity index (χ0v) is 13.8. The van der Waals surface area contributed by atoms with Gasteiger partial charge in [0.2, 0.25) is 10.0 Å². The summed E-state index contributed by atoms with van der Waals surface area (Å²) in [6.07, 6.45) is 0. The van der Waals surface area contributed by atoms with Gasteiger partial charge >= 0.3 is 0 Å². The van der Waals surface area contributed by atoms with Gasteiger partial charge in [-0.15, -0.1) is 0 Å². The summed E-state index contributed by atoms with van der Waals surface area (Å²) in [5.74, 6) is -0.410. The van der Waals surface area contributed by atoms with Crippen molar-refractivity contribution in [1.82, 2.24) is 0 Å². The van der Waals surface area contributed by atoms with Gasteiger partial charge in [0.25, 0.3) is 0 Å². The molecule has 0 spiro atoms. The van der Waals surface area contributed by atoms with E-state index in [0.717, 1.165) is 0 Å². The van der Waals surface area contributed by atoms with Crippen LogP contribution in [0.5, 0.6) is 0 Å². The number of benzene rings is 2. The van der Waals surface area contributed by atoms with E-state index >= 15 is 0 Å². The van der Waals surface area contributed by atoms with E-state index in [4.69, 9.17) is 16.7 Å².